The number of hydrogen-bond donors (Lipinski definition) is 1. The first-order valence-corrected chi connectivity index (χ1v) is 7.49. The zero-order valence-electron chi connectivity index (χ0n) is 12.0. The molecule has 19 heavy (non-hydrogen) atoms. The maximum absolute atomic E-state index is 5.88. The van der Waals surface area contributed by atoms with Crippen LogP contribution in [0.25, 0.3) is 0 Å². The smallest absolute Gasteiger partial charge is 0.119 e. The predicted molar refractivity (Wildman–Crippen MR) is 79.3 cm³/mol. The van der Waals surface area contributed by atoms with E-state index in [9.17, 15) is 0 Å². The minimum absolute atomic E-state index is 0.550. The Morgan fingerprint density at radius 3 is 3.05 bits per heavy atom. The highest BCUT2D eigenvalue weighted by Gasteiger charge is 2.20. The number of piperidine rings is 1. The van der Waals surface area contributed by atoms with Crippen LogP contribution in [0, 0.1) is 0 Å². The standard InChI is InChI=1S/C16H26N2O/c1-2-10-19-16-8-5-6-14(11-16)13-18-9-4-3-7-15(18)12-17/h5-6,8,11,15H,2-4,7,9-10,12-13,17H2,1H3. The number of nitrogens with zero attached hydrogens (tertiary/aromatic N) is 1. The van der Waals surface area contributed by atoms with Crippen molar-refractivity contribution in [2.75, 3.05) is 19.7 Å². The van der Waals surface area contributed by atoms with Crippen LogP contribution in [-0.2, 0) is 6.54 Å². The van der Waals surface area contributed by atoms with Gasteiger partial charge in [-0.15, -0.1) is 0 Å². The van der Waals surface area contributed by atoms with E-state index in [0.717, 1.165) is 31.9 Å². The van der Waals surface area contributed by atoms with Gasteiger partial charge in [-0.25, -0.2) is 0 Å². The molecule has 1 unspecified atom stereocenters. The van der Waals surface area contributed by atoms with E-state index in [0.29, 0.717) is 6.04 Å². The minimum Gasteiger partial charge on any atom is -0.494 e. The highest BCUT2D eigenvalue weighted by atomic mass is 16.5. The molecule has 0 spiro atoms. The van der Waals surface area contributed by atoms with Gasteiger partial charge in [0.25, 0.3) is 0 Å². The summed E-state index contributed by atoms with van der Waals surface area (Å²) < 4.78 is 5.69. The van der Waals surface area contributed by atoms with Gasteiger partial charge in [0.15, 0.2) is 0 Å². The molecule has 0 saturated carbocycles. The molecule has 0 amide bonds. The van der Waals surface area contributed by atoms with Crippen molar-refractivity contribution in [2.24, 2.45) is 5.73 Å². The molecule has 0 aliphatic carbocycles. The molecule has 3 nitrogen and oxygen atoms in total. The normalized spacial score (nSPS) is 20.4. The molecular weight excluding hydrogens is 236 g/mol. The Bertz CT molecular complexity index is 381. The molecule has 1 aliphatic rings. The number of rotatable bonds is 6. The highest BCUT2D eigenvalue weighted by molar-refractivity contribution is 5.28. The molecule has 1 saturated heterocycles. The largest absolute Gasteiger partial charge is 0.494 e. The van der Waals surface area contributed by atoms with E-state index in [1.165, 1.54) is 31.4 Å². The van der Waals surface area contributed by atoms with Crippen LogP contribution in [0.2, 0.25) is 0 Å². The van der Waals surface area contributed by atoms with Crippen LogP contribution in [0.1, 0.15) is 38.2 Å². The third kappa shape index (κ3) is 4.22. The van der Waals surface area contributed by atoms with Gasteiger partial charge in [0, 0.05) is 19.1 Å². The molecule has 1 fully saturated rings. The molecule has 2 N–H and O–H groups in total. The fourth-order valence-corrected chi connectivity index (χ4v) is 2.72. The monoisotopic (exact) mass is 262 g/mol. The number of benzene rings is 1. The Morgan fingerprint density at radius 2 is 2.26 bits per heavy atom. The lowest BCUT2D eigenvalue weighted by atomic mass is 10.0. The number of nitrogens with two attached hydrogens (primary N) is 1. The average Bonchev–Trinajstić information content (AvgIpc) is 2.46. The van der Waals surface area contributed by atoms with Crippen LogP contribution in [0.3, 0.4) is 0 Å². The van der Waals surface area contributed by atoms with Crippen LogP contribution in [0.4, 0.5) is 0 Å². The number of hydrogen-bond acceptors (Lipinski definition) is 3. The summed E-state index contributed by atoms with van der Waals surface area (Å²) in [5.41, 5.74) is 7.20. The second-order valence-corrected chi connectivity index (χ2v) is 5.35. The van der Waals surface area contributed by atoms with Crippen LogP contribution in [0.15, 0.2) is 24.3 Å². The number of ether oxygens (including phenoxy) is 1. The van der Waals surface area contributed by atoms with Crippen molar-refractivity contribution in [2.45, 2.75) is 45.2 Å². The minimum atomic E-state index is 0.550. The zero-order valence-corrected chi connectivity index (χ0v) is 12.0. The topological polar surface area (TPSA) is 38.5 Å². The Labute approximate surface area is 116 Å². The van der Waals surface area contributed by atoms with Gasteiger partial charge in [-0.05, 0) is 43.5 Å². The first kappa shape index (κ1) is 14.4. The van der Waals surface area contributed by atoms with Crippen molar-refractivity contribution in [3.8, 4) is 5.75 Å². The molecule has 106 valence electrons. The van der Waals surface area contributed by atoms with E-state index >= 15 is 0 Å². The molecule has 1 aliphatic heterocycles. The summed E-state index contributed by atoms with van der Waals surface area (Å²) in [4.78, 5) is 2.52. The maximum atomic E-state index is 5.88. The first-order valence-electron chi connectivity index (χ1n) is 7.49. The molecule has 2 rings (SSSR count). The molecule has 3 heteroatoms. The fourth-order valence-electron chi connectivity index (χ4n) is 2.72. The van der Waals surface area contributed by atoms with Gasteiger partial charge >= 0.3 is 0 Å². The predicted octanol–water partition coefficient (Wildman–Crippen LogP) is 2.79. The summed E-state index contributed by atoms with van der Waals surface area (Å²) in [7, 11) is 0. The van der Waals surface area contributed by atoms with Crippen LogP contribution < -0.4 is 10.5 Å². The maximum Gasteiger partial charge on any atom is 0.119 e. The Hall–Kier alpha value is -1.06. The third-order valence-electron chi connectivity index (χ3n) is 3.78. The molecule has 1 atom stereocenters. The van der Waals surface area contributed by atoms with E-state index in [4.69, 9.17) is 10.5 Å². The van der Waals surface area contributed by atoms with E-state index in [1.54, 1.807) is 0 Å². The molecule has 0 radical (unpaired) electrons. The van der Waals surface area contributed by atoms with E-state index in [2.05, 4.69) is 30.0 Å². The summed E-state index contributed by atoms with van der Waals surface area (Å²) in [5, 5.41) is 0. The summed E-state index contributed by atoms with van der Waals surface area (Å²) in [6.07, 6.45) is 4.90. The SMILES string of the molecule is CCCOc1cccc(CN2CCCCC2CN)c1. The van der Waals surface area contributed by atoms with Crippen molar-refractivity contribution >= 4 is 0 Å². The number of likely N-dealkylation sites (tertiary alicyclic amines) is 1. The van der Waals surface area contributed by atoms with Gasteiger partial charge in [-0.1, -0.05) is 25.5 Å². The summed E-state index contributed by atoms with van der Waals surface area (Å²) in [6, 6.07) is 9.02. The van der Waals surface area contributed by atoms with Crippen LogP contribution >= 0.6 is 0 Å². The molecule has 0 aromatic heterocycles. The molecular formula is C16H26N2O. The Balaban J connectivity index is 1.97. The van der Waals surface area contributed by atoms with Crippen molar-refractivity contribution in [1.29, 1.82) is 0 Å². The highest BCUT2D eigenvalue weighted by Crippen LogP contribution is 2.21. The molecule has 0 bridgehead atoms. The third-order valence-corrected chi connectivity index (χ3v) is 3.78. The van der Waals surface area contributed by atoms with Gasteiger partial charge in [-0.3, -0.25) is 4.90 Å². The van der Waals surface area contributed by atoms with Gasteiger partial charge in [0.05, 0.1) is 6.61 Å². The zero-order chi connectivity index (χ0) is 13.5. The second-order valence-electron chi connectivity index (χ2n) is 5.35. The average molecular weight is 262 g/mol. The Morgan fingerprint density at radius 1 is 1.37 bits per heavy atom. The lowest BCUT2D eigenvalue weighted by molar-refractivity contribution is 0.144. The van der Waals surface area contributed by atoms with Crippen molar-refractivity contribution in [1.82, 2.24) is 4.90 Å². The van der Waals surface area contributed by atoms with Crippen molar-refractivity contribution < 1.29 is 4.74 Å². The summed E-state index contributed by atoms with van der Waals surface area (Å²) in [6.45, 7) is 5.85. The second kappa shape index (κ2) is 7.51. The van der Waals surface area contributed by atoms with Gasteiger partial charge < -0.3 is 10.5 Å². The lowest BCUT2D eigenvalue weighted by Gasteiger charge is -2.35. The van der Waals surface area contributed by atoms with Crippen LogP contribution in [0.5, 0.6) is 5.75 Å². The lowest BCUT2D eigenvalue weighted by Crippen LogP contribution is -2.43. The van der Waals surface area contributed by atoms with Crippen molar-refractivity contribution in [3.63, 3.8) is 0 Å². The van der Waals surface area contributed by atoms with Gasteiger partial charge in [-0.2, -0.15) is 0 Å². The summed E-state index contributed by atoms with van der Waals surface area (Å²) in [5.74, 6) is 0.987. The fraction of sp³-hybridized carbons (Fsp3) is 0.625. The quantitative estimate of drug-likeness (QED) is 0.856. The summed E-state index contributed by atoms with van der Waals surface area (Å²) >= 11 is 0. The van der Waals surface area contributed by atoms with Crippen LogP contribution in [-0.4, -0.2) is 30.6 Å². The molecule has 1 aromatic rings. The molecule has 1 heterocycles. The van der Waals surface area contributed by atoms with E-state index in [1.807, 2.05) is 6.07 Å². The van der Waals surface area contributed by atoms with Crippen molar-refractivity contribution in [3.05, 3.63) is 29.8 Å². The van der Waals surface area contributed by atoms with E-state index < -0.39 is 0 Å². The van der Waals surface area contributed by atoms with E-state index in [-0.39, 0.29) is 0 Å². The first-order chi connectivity index (χ1) is 9.33. The van der Waals surface area contributed by atoms with Gasteiger partial charge in [0.2, 0.25) is 0 Å². The van der Waals surface area contributed by atoms with Gasteiger partial charge in [0.1, 0.15) is 5.75 Å². The molecule has 1 aromatic carbocycles. The Kier molecular flexibility index (Phi) is 5.67.